The van der Waals surface area contributed by atoms with Gasteiger partial charge in [0.25, 0.3) is 0 Å². The Morgan fingerprint density at radius 2 is 2.08 bits per heavy atom. The molecule has 1 saturated carbocycles. The van der Waals surface area contributed by atoms with Crippen LogP contribution in [-0.4, -0.2) is 52.0 Å². The van der Waals surface area contributed by atoms with E-state index in [4.69, 9.17) is 0 Å². The monoisotopic (exact) mass is 339 g/mol. The highest BCUT2D eigenvalue weighted by Gasteiger charge is 2.32. The maximum atomic E-state index is 11.7. The molecule has 2 amide bonds. The van der Waals surface area contributed by atoms with Crippen molar-refractivity contribution in [2.24, 2.45) is 0 Å². The van der Waals surface area contributed by atoms with Crippen LogP contribution in [0.3, 0.4) is 0 Å². The number of hydrogen-bond acceptors (Lipinski definition) is 5. The van der Waals surface area contributed by atoms with E-state index in [9.17, 15) is 4.79 Å². The van der Waals surface area contributed by atoms with Crippen LogP contribution in [0.1, 0.15) is 36.9 Å². The lowest BCUT2D eigenvalue weighted by Crippen LogP contribution is -2.48. The maximum Gasteiger partial charge on any atom is 0.322 e. The van der Waals surface area contributed by atoms with Gasteiger partial charge in [-0.1, -0.05) is 6.42 Å². The van der Waals surface area contributed by atoms with E-state index in [1.807, 2.05) is 10.9 Å². The average Bonchev–Trinajstić information content (AvgIpc) is 3.13. The highest BCUT2D eigenvalue weighted by Crippen LogP contribution is 2.36. The summed E-state index contributed by atoms with van der Waals surface area (Å²) in [5, 5.41) is 7.26. The molecule has 4 heterocycles. The van der Waals surface area contributed by atoms with Gasteiger partial charge in [0.15, 0.2) is 0 Å². The fourth-order valence-electron chi connectivity index (χ4n) is 3.66. The zero-order chi connectivity index (χ0) is 16.8. The van der Waals surface area contributed by atoms with Gasteiger partial charge in [0.1, 0.15) is 12.1 Å². The molecule has 1 aliphatic carbocycles. The summed E-state index contributed by atoms with van der Waals surface area (Å²) in [5.41, 5.74) is 2.05. The number of nitrogens with one attached hydrogen (secondary N) is 1. The minimum Gasteiger partial charge on any atom is -0.352 e. The number of carbonyl (C=O) groups is 1. The SMILES string of the molecule is O=C1NCCN1c1cnn(C2CN(c3cc(C4CCC4)ncn3)C2)c1. The van der Waals surface area contributed by atoms with E-state index >= 15 is 0 Å². The van der Waals surface area contributed by atoms with Crippen molar-refractivity contribution in [3.8, 4) is 0 Å². The molecular formula is C17H21N7O. The zero-order valence-corrected chi connectivity index (χ0v) is 14.0. The number of amides is 2. The second kappa shape index (κ2) is 5.72. The van der Waals surface area contributed by atoms with E-state index < -0.39 is 0 Å². The number of carbonyl (C=O) groups excluding carboxylic acids is 1. The van der Waals surface area contributed by atoms with Crippen LogP contribution in [0, 0.1) is 0 Å². The summed E-state index contributed by atoms with van der Waals surface area (Å²) in [6.07, 6.45) is 9.23. The summed E-state index contributed by atoms with van der Waals surface area (Å²) in [7, 11) is 0. The van der Waals surface area contributed by atoms with Crippen molar-refractivity contribution in [1.29, 1.82) is 0 Å². The predicted molar refractivity (Wildman–Crippen MR) is 92.8 cm³/mol. The second-order valence-electron chi connectivity index (χ2n) is 7.05. The highest BCUT2D eigenvalue weighted by molar-refractivity contribution is 5.93. The lowest BCUT2D eigenvalue weighted by atomic mass is 9.83. The Morgan fingerprint density at radius 3 is 2.80 bits per heavy atom. The Bertz CT molecular complexity index is 794. The highest BCUT2D eigenvalue weighted by atomic mass is 16.2. The fraction of sp³-hybridized carbons (Fsp3) is 0.529. The molecular weight excluding hydrogens is 318 g/mol. The molecule has 1 N–H and O–H groups in total. The number of hydrogen-bond donors (Lipinski definition) is 1. The second-order valence-corrected chi connectivity index (χ2v) is 7.05. The molecule has 8 nitrogen and oxygen atoms in total. The van der Waals surface area contributed by atoms with Gasteiger partial charge in [0.05, 0.1) is 17.9 Å². The molecule has 130 valence electrons. The van der Waals surface area contributed by atoms with E-state index in [2.05, 4.69) is 31.3 Å². The van der Waals surface area contributed by atoms with Crippen molar-refractivity contribution in [3.63, 3.8) is 0 Å². The molecule has 8 heteroatoms. The van der Waals surface area contributed by atoms with Gasteiger partial charge in [-0.15, -0.1) is 0 Å². The molecule has 3 fully saturated rings. The summed E-state index contributed by atoms with van der Waals surface area (Å²) in [6.45, 7) is 3.16. The first-order valence-corrected chi connectivity index (χ1v) is 8.94. The van der Waals surface area contributed by atoms with Crippen LogP contribution in [0.4, 0.5) is 16.3 Å². The molecule has 2 aliphatic heterocycles. The van der Waals surface area contributed by atoms with Crippen molar-refractivity contribution in [3.05, 3.63) is 30.5 Å². The van der Waals surface area contributed by atoms with Crippen LogP contribution in [0.2, 0.25) is 0 Å². The molecule has 0 spiro atoms. The van der Waals surface area contributed by atoms with Crippen LogP contribution < -0.4 is 15.1 Å². The molecule has 0 aromatic carbocycles. The van der Waals surface area contributed by atoms with Crippen molar-refractivity contribution >= 4 is 17.5 Å². The summed E-state index contributed by atoms with van der Waals surface area (Å²) in [4.78, 5) is 24.6. The van der Waals surface area contributed by atoms with E-state index in [-0.39, 0.29) is 6.03 Å². The van der Waals surface area contributed by atoms with Gasteiger partial charge in [-0.3, -0.25) is 9.58 Å². The van der Waals surface area contributed by atoms with Gasteiger partial charge in [-0.2, -0.15) is 5.10 Å². The zero-order valence-electron chi connectivity index (χ0n) is 14.0. The molecule has 0 unspecified atom stereocenters. The first-order chi connectivity index (χ1) is 12.3. The van der Waals surface area contributed by atoms with E-state index in [0.717, 1.165) is 24.6 Å². The lowest BCUT2D eigenvalue weighted by molar-refractivity contribution is 0.252. The van der Waals surface area contributed by atoms with Crippen molar-refractivity contribution < 1.29 is 4.79 Å². The molecule has 0 bridgehead atoms. The Labute approximate surface area is 145 Å². The fourth-order valence-corrected chi connectivity index (χ4v) is 3.66. The van der Waals surface area contributed by atoms with Gasteiger partial charge >= 0.3 is 6.03 Å². The molecule has 25 heavy (non-hydrogen) atoms. The van der Waals surface area contributed by atoms with Crippen molar-refractivity contribution in [1.82, 2.24) is 25.1 Å². The van der Waals surface area contributed by atoms with E-state index in [0.29, 0.717) is 25.0 Å². The number of nitrogens with zero attached hydrogens (tertiary/aromatic N) is 6. The molecule has 0 radical (unpaired) electrons. The van der Waals surface area contributed by atoms with Crippen LogP contribution in [0.5, 0.6) is 0 Å². The normalized spacial score (nSPS) is 21.2. The van der Waals surface area contributed by atoms with Crippen LogP contribution in [0.25, 0.3) is 0 Å². The van der Waals surface area contributed by atoms with Gasteiger partial charge in [0.2, 0.25) is 0 Å². The smallest absolute Gasteiger partial charge is 0.322 e. The third-order valence-electron chi connectivity index (χ3n) is 5.51. The molecule has 2 aromatic rings. The first-order valence-electron chi connectivity index (χ1n) is 8.94. The van der Waals surface area contributed by atoms with Crippen molar-refractivity contribution in [2.45, 2.75) is 31.2 Å². The Hall–Kier alpha value is -2.64. The molecule has 2 aromatic heterocycles. The molecule has 2 saturated heterocycles. The Balaban J connectivity index is 1.25. The van der Waals surface area contributed by atoms with Gasteiger partial charge in [-0.25, -0.2) is 14.8 Å². The lowest BCUT2D eigenvalue weighted by Gasteiger charge is -2.40. The van der Waals surface area contributed by atoms with Crippen LogP contribution in [0.15, 0.2) is 24.8 Å². The van der Waals surface area contributed by atoms with E-state index in [1.165, 1.54) is 25.0 Å². The number of urea groups is 1. The standard InChI is InChI=1S/C17H21N7O/c25-17-18-4-5-23(17)13-7-21-24(10-13)14-8-22(9-14)16-6-15(19-11-20-16)12-2-1-3-12/h6-7,10-12,14H,1-5,8-9H2,(H,18,25). The predicted octanol–water partition coefficient (Wildman–Crippen LogP) is 1.53. The molecule has 3 aliphatic rings. The summed E-state index contributed by atoms with van der Waals surface area (Å²) in [6, 6.07) is 2.42. The van der Waals surface area contributed by atoms with Gasteiger partial charge < -0.3 is 10.2 Å². The number of anilines is 2. The van der Waals surface area contributed by atoms with Crippen LogP contribution in [-0.2, 0) is 0 Å². The Morgan fingerprint density at radius 1 is 1.20 bits per heavy atom. The quantitative estimate of drug-likeness (QED) is 0.914. The third kappa shape index (κ3) is 2.52. The van der Waals surface area contributed by atoms with E-state index in [1.54, 1.807) is 17.4 Å². The number of aromatic nitrogens is 4. The first kappa shape index (κ1) is 14.7. The average molecular weight is 339 g/mol. The summed E-state index contributed by atoms with van der Waals surface area (Å²) < 4.78 is 1.96. The summed E-state index contributed by atoms with van der Waals surface area (Å²) in [5.74, 6) is 1.64. The maximum absolute atomic E-state index is 11.7. The summed E-state index contributed by atoms with van der Waals surface area (Å²) >= 11 is 0. The minimum atomic E-state index is -0.0423. The van der Waals surface area contributed by atoms with Gasteiger partial charge in [-0.05, 0) is 12.8 Å². The molecule has 0 atom stereocenters. The minimum absolute atomic E-state index is 0.0423. The largest absolute Gasteiger partial charge is 0.352 e. The molecule has 5 rings (SSSR count). The Kier molecular flexibility index (Phi) is 3.36. The topological polar surface area (TPSA) is 79.2 Å². The number of rotatable bonds is 4. The van der Waals surface area contributed by atoms with Gasteiger partial charge in [0, 0.05) is 50.1 Å². The van der Waals surface area contributed by atoms with Crippen molar-refractivity contribution in [2.75, 3.05) is 36.0 Å². The van der Waals surface area contributed by atoms with Crippen LogP contribution >= 0.6 is 0 Å². The third-order valence-corrected chi connectivity index (χ3v) is 5.51.